The molecule has 1 amide bonds. The molecule has 4 rings (SSSR count). The van der Waals surface area contributed by atoms with Gasteiger partial charge in [-0.1, -0.05) is 23.7 Å². The molecule has 1 aliphatic heterocycles. The molecule has 34 heavy (non-hydrogen) atoms. The van der Waals surface area contributed by atoms with Crippen LogP contribution < -0.4 is 4.74 Å². The molecule has 1 N–H and O–H groups in total. The van der Waals surface area contributed by atoms with E-state index in [1.165, 1.54) is 11.3 Å². The maximum Gasteiger partial charge on any atom is 0.295 e. The van der Waals surface area contributed by atoms with E-state index < -0.39 is 17.7 Å². The van der Waals surface area contributed by atoms with Crippen LogP contribution in [0.2, 0.25) is 5.02 Å². The minimum absolute atomic E-state index is 0.121. The number of ether oxygens (including phenoxy) is 1. The lowest BCUT2D eigenvalue weighted by atomic mass is 9.97. The van der Waals surface area contributed by atoms with E-state index >= 15 is 0 Å². The van der Waals surface area contributed by atoms with Gasteiger partial charge in [-0.3, -0.25) is 9.59 Å². The van der Waals surface area contributed by atoms with Gasteiger partial charge in [0.05, 0.1) is 18.2 Å². The monoisotopic (exact) mass is 495 g/mol. The highest BCUT2D eigenvalue weighted by molar-refractivity contribution is 7.10. The van der Waals surface area contributed by atoms with Crippen molar-refractivity contribution < 1.29 is 19.4 Å². The number of thiophene rings is 1. The molecule has 1 aromatic heterocycles. The Morgan fingerprint density at radius 1 is 1.09 bits per heavy atom. The highest BCUT2D eigenvalue weighted by Gasteiger charge is 2.46. The van der Waals surface area contributed by atoms with Gasteiger partial charge in [0.2, 0.25) is 0 Å². The van der Waals surface area contributed by atoms with Crippen molar-refractivity contribution in [3.8, 4) is 5.75 Å². The molecule has 5 nitrogen and oxygen atoms in total. The fraction of sp³-hybridized carbons (Fsp3) is 0.259. The first-order valence-corrected chi connectivity index (χ1v) is 12.4. The highest BCUT2D eigenvalue weighted by Crippen LogP contribution is 2.43. The number of aryl methyl sites for hydroxylation is 2. The Morgan fingerprint density at radius 2 is 1.82 bits per heavy atom. The van der Waals surface area contributed by atoms with Gasteiger partial charge in [0.1, 0.15) is 11.5 Å². The first-order chi connectivity index (χ1) is 16.3. The molecule has 0 bridgehead atoms. The highest BCUT2D eigenvalue weighted by atomic mass is 35.5. The van der Waals surface area contributed by atoms with E-state index in [2.05, 4.69) is 0 Å². The number of ketones is 1. The average Bonchev–Trinajstić information content (AvgIpc) is 3.35. The molecule has 1 fully saturated rings. The van der Waals surface area contributed by atoms with Crippen molar-refractivity contribution in [1.82, 2.24) is 4.90 Å². The van der Waals surface area contributed by atoms with Crippen molar-refractivity contribution in [3.05, 3.63) is 91.6 Å². The minimum atomic E-state index is -0.669. The number of halogens is 1. The molecule has 3 aromatic rings. The molecule has 2 aromatic carbocycles. The normalized spacial score (nSPS) is 17.4. The third-order valence-corrected chi connectivity index (χ3v) is 7.32. The summed E-state index contributed by atoms with van der Waals surface area (Å²) >= 11 is 7.47. The lowest BCUT2D eigenvalue weighted by Gasteiger charge is -2.25. The van der Waals surface area contributed by atoms with Crippen LogP contribution in [0.1, 0.15) is 40.1 Å². The molecule has 2 heterocycles. The van der Waals surface area contributed by atoms with Gasteiger partial charge in [0.15, 0.2) is 0 Å². The SMILES string of the molecule is CCOc1ccc(/C(O)=C2/C(=O)C(=O)N(CCc3ccc(Cl)cc3)C2c2sccc2C)cc1C. The van der Waals surface area contributed by atoms with Crippen LogP contribution in [0, 0.1) is 13.8 Å². The topological polar surface area (TPSA) is 66.8 Å². The Bertz CT molecular complexity index is 1260. The largest absolute Gasteiger partial charge is 0.507 e. The van der Waals surface area contributed by atoms with Gasteiger partial charge in [-0.05, 0) is 85.7 Å². The average molecular weight is 496 g/mol. The molecule has 1 unspecified atom stereocenters. The Balaban J connectivity index is 1.75. The van der Waals surface area contributed by atoms with E-state index in [9.17, 15) is 14.7 Å². The van der Waals surface area contributed by atoms with Crippen molar-refractivity contribution in [2.24, 2.45) is 0 Å². The summed E-state index contributed by atoms with van der Waals surface area (Å²) in [5, 5.41) is 13.9. The molecule has 0 aliphatic carbocycles. The number of aliphatic hydroxyl groups excluding tert-OH is 1. The molecule has 1 atom stereocenters. The molecule has 7 heteroatoms. The first kappa shape index (κ1) is 24.0. The number of hydrogen-bond acceptors (Lipinski definition) is 5. The van der Waals surface area contributed by atoms with Gasteiger partial charge in [0.25, 0.3) is 11.7 Å². The summed E-state index contributed by atoms with van der Waals surface area (Å²) in [5.41, 5.74) is 3.43. The van der Waals surface area contributed by atoms with Crippen molar-refractivity contribution in [3.63, 3.8) is 0 Å². The number of hydrogen-bond donors (Lipinski definition) is 1. The smallest absolute Gasteiger partial charge is 0.295 e. The Kier molecular flexibility index (Phi) is 7.10. The van der Waals surface area contributed by atoms with Crippen LogP contribution in [-0.2, 0) is 16.0 Å². The van der Waals surface area contributed by atoms with Crippen molar-refractivity contribution in [1.29, 1.82) is 0 Å². The second kappa shape index (κ2) is 10.0. The molecule has 176 valence electrons. The number of Topliss-reactive ketones (excluding diaryl/α,β-unsaturated/α-hetero) is 1. The summed E-state index contributed by atoms with van der Waals surface area (Å²) in [4.78, 5) is 28.8. The van der Waals surface area contributed by atoms with Gasteiger partial charge < -0.3 is 14.7 Å². The quantitative estimate of drug-likeness (QED) is 0.245. The van der Waals surface area contributed by atoms with E-state index in [1.54, 1.807) is 35.2 Å². The number of benzene rings is 2. The van der Waals surface area contributed by atoms with Crippen LogP contribution in [0.25, 0.3) is 5.76 Å². The van der Waals surface area contributed by atoms with Crippen LogP contribution in [0.3, 0.4) is 0 Å². The van der Waals surface area contributed by atoms with E-state index in [-0.39, 0.29) is 11.3 Å². The van der Waals surface area contributed by atoms with Crippen molar-refractivity contribution >= 4 is 40.4 Å². The van der Waals surface area contributed by atoms with E-state index in [4.69, 9.17) is 16.3 Å². The minimum Gasteiger partial charge on any atom is -0.507 e. The van der Waals surface area contributed by atoms with Gasteiger partial charge in [0, 0.05) is 22.0 Å². The summed E-state index contributed by atoms with van der Waals surface area (Å²) in [6.45, 7) is 6.61. The number of amides is 1. The van der Waals surface area contributed by atoms with Gasteiger partial charge in [-0.15, -0.1) is 11.3 Å². The molecule has 0 radical (unpaired) electrons. The second-order valence-corrected chi connectivity index (χ2v) is 9.63. The summed E-state index contributed by atoms with van der Waals surface area (Å²) in [5.74, 6) is -0.724. The Hall–Kier alpha value is -3.09. The lowest BCUT2D eigenvalue weighted by molar-refractivity contribution is -0.139. The van der Waals surface area contributed by atoms with Crippen LogP contribution in [0.5, 0.6) is 5.75 Å². The summed E-state index contributed by atoms with van der Waals surface area (Å²) in [6.07, 6.45) is 0.563. The number of aliphatic hydroxyl groups is 1. The first-order valence-electron chi connectivity index (χ1n) is 11.1. The van der Waals surface area contributed by atoms with Crippen molar-refractivity contribution in [2.75, 3.05) is 13.2 Å². The van der Waals surface area contributed by atoms with E-state index in [0.29, 0.717) is 35.9 Å². The van der Waals surface area contributed by atoms with Gasteiger partial charge >= 0.3 is 0 Å². The molecule has 1 saturated heterocycles. The molecular formula is C27H26ClNO4S. The molecule has 0 spiro atoms. The lowest BCUT2D eigenvalue weighted by Crippen LogP contribution is -2.31. The fourth-order valence-corrected chi connectivity index (χ4v) is 5.39. The number of likely N-dealkylation sites (tertiary alicyclic amines) is 1. The third kappa shape index (κ3) is 4.61. The Labute approximate surface area is 208 Å². The number of carbonyl (C=O) groups excluding carboxylic acids is 2. The second-order valence-electron chi connectivity index (χ2n) is 8.25. The van der Waals surface area contributed by atoms with Crippen LogP contribution >= 0.6 is 22.9 Å². The maximum absolute atomic E-state index is 13.2. The van der Waals surface area contributed by atoms with E-state index in [0.717, 1.165) is 21.6 Å². The molecule has 1 aliphatic rings. The van der Waals surface area contributed by atoms with E-state index in [1.807, 2.05) is 44.4 Å². The number of carbonyl (C=O) groups is 2. The fourth-order valence-electron chi connectivity index (χ4n) is 4.22. The standard InChI is InChI=1S/C27H26ClNO4S/c1-4-33-21-10-7-19(15-17(21)3)24(30)22-23(26-16(2)12-14-34-26)29(27(32)25(22)31)13-11-18-5-8-20(28)9-6-18/h5-10,12,14-15,23,30H,4,11,13H2,1-3H3/b24-22-. The molecular weight excluding hydrogens is 470 g/mol. The summed E-state index contributed by atoms with van der Waals surface area (Å²) in [6, 6.07) is 14.0. The number of nitrogens with zero attached hydrogens (tertiary/aromatic N) is 1. The van der Waals surface area contributed by atoms with Crippen LogP contribution in [0.4, 0.5) is 0 Å². The zero-order valence-corrected chi connectivity index (χ0v) is 20.9. The van der Waals surface area contributed by atoms with Crippen molar-refractivity contribution in [2.45, 2.75) is 33.2 Å². The maximum atomic E-state index is 13.2. The zero-order valence-electron chi connectivity index (χ0n) is 19.3. The number of rotatable bonds is 7. The van der Waals surface area contributed by atoms with Crippen LogP contribution in [-0.4, -0.2) is 34.8 Å². The zero-order chi connectivity index (χ0) is 24.4. The summed E-state index contributed by atoms with van der Waals surface area (Å²) < 4.78 is 5.60. The third-order valence-electron chi connectivity index (χ3n) is 5.99. The van der Waals surface area contributed by atoms with Crippen LogP contribution in [0.15, 0.2) is 59.5 Å². The Morgan fingerprint density at radius 3 is 2.44 bits per heavy atom. The molecule has 0 saturated carbocycles. The van der Waals surface area contributed by atoms with Gasteiger partial charge in [-0.2, -0.15) is 0 Å². The summed E-state index contributed by atoms with van der Waals surface area (Å²) in [7, 11) is 0. The predicted molar refractivity (Wildman–Crippen MR) is 136 cm³/mol. The van der Waals surface area contributed by atoms with Gasteiger partial charge in [-0.25, -0.2) is 0 Å². The predicted octanol–water partition coefficient (Wildman–Crippen LogP) is 6.08.